The molecule has 0 radical (unpaired) electrons. The van der Waals surface area contributed by atoms with E-state index in [2.05, 4.69) is 38.2 Å². The summed E-state index contributed by atoms with van der Waals surface area (Å²) in [5.41, 5.74) is 0.453. The molecule has 2 aliphatic carbocycles. The molecule has 0 atom stereocenters. The molecule has 0 aliphatic heterocycles. The Morgan fingerprint density at radius 3 is 2.11 bits per heavy atom. The Labute approximate surface area is 120 Å². The number of nitrogens with zero attached hydrogens (tertiary/aromatic N) is 1. The van der Waals surface area contributed by atoms with Crippen LogP contribution < -0.4 is 5.32 Å². The Hall–Kier alpha value is -0.0800. The van der Waals surface area contributed by atoms with Crippen molar-refractivity contribution in [2.45, 2.75) is 76.8 Å². The maximum atomic E-state index is 3.90. The van der Waals surface area contributed by atoms with Crippen molar-refractivity contribution in [1.82, 2.24) is 10.2 Å². The molecule has 2 rings (SSSR count). The first-order chi connectivity index (χ1) is 9.03. The molecule has 0 bridgehead atoms. The van der Waals surface area contributed by atoms with Gasteiger partial charge in [0.05, 0.1) is 0 Å². The van der Waals surface area contributed by atoms with E-state index < -0.39 is 0 Å². The minimum atomic E-state index is 0.453. The smallest absolute Gasteiger partial charge is 0.0327 e. The predicted molar refractivity (Wildman–Crippen MR) is 83.5 cm³/mol. The van der Waals surface area contributed by atoms with Crippen LogP contribution in [0.1, 0.15) is 65.2 Å². The van der Waals surface area contributed by atoms with Crippen molar-refractivity contribution in [2.75, 3.05) is 20.6 Å². The van der Waals surface area contributed by atoms with Gasteiger partial charge in [0.1, 0.15) is 0 Å². The molecule has 0 spiro atoms. The summed E-state index contributed by atoms with van der Waals surface area (Å²) in [7, 11) is 4.53. The number of nitrogens with one attached hydrogen (secondary N) is 1. The molecule has 0 aromatic heterocycles. The molecular weight excluding hydrogens is 232 g/mol. The van der Waals surface area contributed by atoms with Gasteiger partial charge in [-0.15, -0.1) is 0 Å². The van der Waals surface area contributed by atoms with E-state index in [1.54, 1.807) is 0 Å². The average molecular weight is 266 g/mol. The second-order valence-electron chi connectivity index (χ2n) is 7.56. The van der Waals surface area contributed by atoms with Crippen molar-refractivity contribution in [3.05, 3.63) is 0 Å². The molecule has 19 heavy (non-hydrogen) atoms. The highest BCUT2D eigenvalue weighted by Gasteiger charge is 2.36. The van der Waals surface area contributed by atoms with Crippen molar-refractivity contribution in [1.29, 1.82) is 0 Å². The van der Waals surface area contributed by atoms with E-state index in [4.69, 9.17) is 0 Å². The van der Waals surface area contributed by atoms with E-state index in [-0.39, 0.29) is 0 Å². The Kier molecular flexibility index (Phi) is 5.30. The maximum Gasteiger partial charge on any atom is 0.0327 e. The third-order valence-corrected chi connectivity index (χ3v) is 5.92. The van der Waals surface area contributed by atoms with Gasteiger partial charge in [0, 0.05) is 18.1 Å². The molecule has 2 aliphatic rings. The summed E-state index contributed by atoms with van der Waals surface area (Å²) in [4.78, 5) is 2.48. The number of likely N-dealkylation sites (N-methyl/N-ethyl adjacent to an activating group) is 1. The van der Waals surface area contributed by atoms with E-state index in [1.165, 1.54) is 57.9 Å². The van der Waals surface area contributed by atoms with Gasteiger partial charge >= 0.3 is 0 Å². The highest BCUT2D eigenvalue weighted by Crippen LogP contribution is 2.34. The Balaban J connectivity index is 1.77. The third kappa shape index (κ3) is 3.72. The molecule has 1 N–H and O–H groups in total. The first-order valence-electron chi connectivity index (χ1n) is 8.44. The molecule has 2 heteroatoms. The van der Waals surface area contributed by atoms with Crippen LogP contribution in [0.25, 0.3) is 0 Å². The minimum absolute atomic E-state index is 0.453. The van der Waals surface area contributed by atoms with Gasteiger partial charge in [-0.25, -0.2) is 0 Å². The van der Waals surface area contributed by atoms with Crippen LogP contribution in [-0.2, 0) is 0 Å². The van der Waals surface area contributed by atoms with Crippen molar-refractivity contribution in [3.63, 3.8) is 0 Å². The molecule has 0 aromatic carbocycles. The van der Waals surface area contributed by atoms with Crippen molar-refractivity contribution < 1.29 is 0 Å². The molecule has 0 amide bonds. The van der Waals surface area contributed by atoms with Crippen LogP contribution in [0.3, 0.4) is 0 Å². The predicted octanol–water partition coefficient (Wildman–Crippen LogP) is 3.67. The normalized spacial score (nSPS) is 31.3. The zero-order chi connectivity index (χ0) is 13.9. The summed E-state index contributed by atoms with van der Waals surface area (Å²) in [6, 6.07) is 0.785. The van der Waals surface area contributed by atoms with Gasteiger partial charge in [-0.3, -0.25) is 0 Å². The van der Waals surface area contributed by atoms with Crippen LogP contribution in [-0.4, -0.2) is 37.1 Å². The highest BCUT2D eigenvalue weighted by molar-refractivity contribution is 4.95. The van der Waals surface area contributed by atoms with E-state index in [0.29, 0.717) is 5.54 Å². The summed E-state index contributed by atoms with van der Waals surface area (Å²) in [6.07, 6.45) is 11.3. The molecule has 112 valence electrons. The van der Waals surface area contributed by atoms with Crippen LogP contribution in [0, 0.1) is 11.8 Å². The fourth-order valence-corrected chi connectivity index (χ4v) is 4.14. The SMILES string of the molecule is CC(C)C1CCC(NCC2(N(C)C)CCCC2)CC1. The zero-order valence-corrected chi connectivity index (χ0v) is 13.5. The first kappa shape index (κ1) is 15.3. The topological polar surface area (TPSA) is 15.3 Å². The minimum Gasteiger partial charge on any atom is -0.312 e. The van der Waals surface area contributed by atoms with E-state index in [9.17, 15) is 0 Å². The fourth-order valence-electron chi connectivity index (χ4n) is 4.14. The Bertz CT molecular complexity index is 258. The molecule has 2 nitrogen and oxygen atoms in total. The van der Waals surface area contributed by atoms with Crippen LogP contribution in [0.4, 0.5) is 0 Å². The van der Waals surface area contributed by atoms with Crippen molar-refractivity contribution >= 4 is 0 Å². The van der Waals surface area contributed by atoms with E-state index in [0.717, 1.165) is 17.9 Å². The van der Waals surface area contributed by atoms with Crippen LogP contribution in [0.15, 0.2) is 0 Å². The molecular formula is C17H34N2. The lowest BCUT2D eigenvalue weighted by Gasteiger charge is -2.39. The van der Waals surface area contributed by atoms with Gasteiger partial charge < -0.3 is 10.2 Å². The van der Waals surface area contributed by atoms with Gasteiger partial charge in [0.25, 0.3) is 0 Å². The van der Waals surface area contributed by atoms with Crippen molar-refractivity contribution in [3.8, 4) is 0 Å². The molecule has 0 heterocycles. The lowest BCUT2D eigenvalue weighted by molar-refractivity contribution is 0.140. The summed E-state index contributed by atoms with van der Waals surface area (Å²) in [5.74, 6) is 1.86. The lowest BCUT2D eigenvalue weighted by Crippen LogP contribution is -2.52. The number of hydrogen-bond donors (Lipinski definition) is 1. The zero-order valence-electron chi connectivity index (χ0n) is 13.5. The largest absolute Gasteiger partial charge is 0.312 e. The van der Waals surface area contributed by atoms with Crippen LogP contribution in [0.2, 0.25) is 0 Å². The van der Waals surface area contributed by atoms with E-state index >= 15 is 0 Å². The summed E-state index contributed by atoms with van der Waals surface area (Å²) in [5, 5.41) is 3.90. The molecule has 2 saturated carbocycles. The second-order valence-corrected chi connectivity index (χ2v) is 7.56. The Morgan fingerprint density at radius 1 is 1.05 bits per heavy atom. The molecule has 0 unspecified atom stereocenters. The molecule has 0 saturated heterocycles. The third-order valence-electron chi connectivity index (χ3n) is 5.92. The standard InChI is InChI=1S/C17H34N2/c1-14(2)15-7-9-16(10-8-15)18-13-17(19(3)4)11-5-6-12-17/h14-16,18H,5-13H2,1-4H3. The van der Waals surface area contributed by atoms with Gasteiger partial charge in [0.2, 0.25) is 0 Å². The monoisotopic (exact) mass is 266 g/mol. The van der Waals surface area contributed by atoms with Gasteiger partial charge in [-0.1, -0.05) is 26.7 Å². The van der Waals surface area contributed by atoms with E-state index in [1.807, 2.05) is 0 Å². The average Bonchev–Trinajstić information content (AvgIpc) is 2.87. The van der Waals surface area contributed by atoms with Gasteiger partial charge in [-0.05, 0) is 64.5 Å². The molecule has 2 fully saturated rings. The van der Waals surface area contributed by atoms with Crippen molar-refractivity contribution in [2.24, 2.45) is 11.8 Å². The Morgan fingerprint density at radius 2 is 1.63 bits per heavy atom. The highest BCUT2D eigenvalue weighted by atomic mass is 15.2. The summed E-state index contributed by atoms with van der Waals surface area (Å²) < 4.78 is 0. The van der Waals surface area contributed by atoms with Crippen LogP contribution in [0.5, 0.6) is 0 Å². The summed E-state index contributed by atoms with van der Waals surface area (Å²) >= 11 is 0. The van der Waals surface area contributed by atoms with Gasteiger partial charge in [0.15, 0.2) is 0 Å². The maximum absolute atomic E-state index is 3.90. The summed E-state index contributed by atoms with van der Waals surface area (Å²) in [6.45, 7) is 5.98. The number of hydrogen-bond acceptors (Lipinski definition) is 2. The number of rotatable bonds is 5. The first-order valence-corrected chi connectivity index (χ1v) is 8.44. The second kappa shape index (κ2) is 6.58. The lowest BCUT2D eigenvalue weighted by atomic mass is 9.79. The quantitative estimate of drug-likeness (QED) is 0.817. The van der Waals surface area contributed by atoms with Crippen LogP contribution >= 0.6 is 0 Å². The van der Waals surface area contributed by atoms with Gasteiger partial charge in [-0.2, -0.15) is 0 Å². The molecule has 0 aromatic rings. The fraction of sp³-hybridized carbons (Fsp3) is 1.00.